The predicted molar refractivity (Wildman–Crippen MR) is 122 cm³/mol. The van der Waals surface area contributed by atoms with E-state index in [0.717, 1.165) is 0 Å². The average molecular weight is 480 g/mol. The van der Waals surface area contributed by atoms with Crippen LogP contribution in [0.5, 0.6) is 17.2 Å². The van der Waals surface area contributed by atoms with Crippen LogP contribution in [0.15, 0.2) is 53.8 Å². The average Bonchev–Trinajstić information content (AvgIpc) is 2.82. The SMILES string of the molecule is COc1ccc(C(CC(=O)C2=C(C)Oc3c(OC)cccc3C2O)C2C(=O)NC(=O)NC2=O)cc1. The summed E-state index contributed by atoms with van der Waals surface area (Å²) in [6.07, 6.45) is -1.60. The number of carbonyl (C=O) groups is 4. The van der Waals surface area contributed by atoms with Gasteiger partial charge in [-0.05, 0) is 30.7 Å². The van der Waals surface area contributed by atoms with E-state index in [9.17, 15) is 24.3 Å². The van der Waals surface area contributed by atoms with Gasteiger partial charge in [-0.1, -0.05) is 24.3 Å². The number of hydrogen-bond donors (Lipinski definition) is 3. The van der Waals surface area contributed by atoms with Gasteiger partial charge in [-0.25, -0.2) is 4.79 Å². The molecule has 182 valence electrons. The molecule has 2 aromatic carbocycles. The highest BCUT2D eigenvalue weighted by atomic mass is 16.5. The van der Waals surface area contributed by atoms with Crippen molar-refractivity contribution in [2.45, 2.75) is 25.4 Å². The van der Waals surface area contributed by atoms with Crippen molar-refractivity contribution in [3.05, 3.63) is 64.9 Å². The Bertz CT molecular complexity index is 1210. The number of methoxy groups -OCH3 is 2. The van der Waals surface area contributed by atoms with E-state index in [1.54, 1.807) is 49.4 Å². The van der Waals surface area contributed by atoms with E-state index in [1.807, 2.05) is 0 Å². The number of benzene rings is 2. The van der Waals surface area contributed by atoms with E-state index in [-0.39, 0.29) is 17.8 Å². The molecule has 10 heteroatoms. The molecule has 4 amide bonds. The van der Waals surface area contributed by atoms with Crippen LogP contribution in [0.2, 0.25) is 0 Å². The summed E-state index contributed by atoms with van der Waals surface area (Å²) in [5, 5.41) is 15.2. The molecule has 3 N–H and O–H groups in total. The second-order valence-corrected chi connectivity index (χ2v) is 8.15. The fraction of sp³-hybridized carbons (Fsp3) is 0.280. The normalized spacial score (nSPS) is 18.7. The molecule has 2 heterocycles. The lowest BCUT2D eigenvalue weighted by Gasteiger charge is -2.30. The fourth-order valence-electron chi connectivity index (χ4n) is 4.41. The van der Waals surface area contributed by atoms with Crippen LogP contribution in [0.4, 0.5) is 4.79 Å². The largest absolute Gasteiger partial charge is 0.497 e. The van der Waals surface area contributed by atoms with Gasteiger partial charge in [-0.2, -0.15) is 0 Å². The Morgan fingerprint density at radius 3 is 2.29 bits per heavy atom. The third kappa shape index (κ3) is 4.47. The molecule has 1 fully saturated rings. The molecule has 2 atom stereocenters. The van der Waals surface area contributed by atoms with Crippen LogP contribution in [0.25, 0.3) is 0 Å². The van der Waals surface area contributed by atoms with E-state index in [0.29, 0.717) is 28.4 Å². The first-order valence-electron chi connectivity index (χ1n) is 10.8. The molecular formula is C25H24N2O8. The molecular weight excluding hydrogens is 456 g/mol. The Hall–Kier alpha value is -4.18. The van der Waals surface area contributed by atoms with Crippen LogP contribution in [-0.2, 0) is 14.4 Å². The molecule has 1 saturated heterocycles. The number of ketones is 1. The van der Waals surface area contributed by atoms with Gasteiger partial charge >= 0.3 is 6.03 Å². The third-order valence-electron chi connectivity index (χ3n) is 6.12. The Morgan fingerprint density at radius 2 is 1.69 bits per heavy atom. The van der Waals surface area contributed by atoms with Gasteiger partial charge in [0.1, 0.15) is 23.5 Å². The van der Waals surface area contributed by atoms with Crippen molar-refractivity contribution in [1.29, 1.82) is 0 Å². The van der Waals surface area contributed by atoms with Gasteiger partial charge in [0.25, 0.3) is 0 Å². The number of imide groups is 2. The number of aliphatic hydroxyl groups excluding tert-OH is 1. The van der Waals surface area contributed by atoms with Gasteiger partial charge < -0.3 is 19.3 Å². The highest BCUT2D eigenvalue weighted by Gasteiger charge is 2.43. The van der Waals surface area contributed by atoms with E-state index < -0.39 is 41.6 Å². The first-order chi connectivity index (χ1) is 16.7. The number of Topliss-reactive ketones (excluding diaryl/α,β-unsaturated/α-hetero) is 1. The van der Waals surface area contributed by atoms with Gasteiger partial charge in [-0.15, -0.1) is 0 Å². The number of carbonyl (C=O) groups excluding carboxylic acids is 4. The number of fused-ring (bicyclic) bond motifs is 1. The molecule has 0 saturated carbocycles. The summed E-state index contributed by atoms with van der Waals surface area (Å²) < 4.78 is 16.3. The lowest BCUT2D eigenvalue weighted by Crippen LogP contribution is -2.57. The molecule has 2 aliphatic heterocycles. The van der Waals surface area contributed by atoms with Crippen LogP contribution >= 0.6 is 0 Å². The number of allylic oxidation sites excluding steroid dienone is 1. The lowest BCUT2D eigenvalue weighted by atomic mass is 9.78. The zero-order valence-corrected chi connectivity index (χ0v) is 19.3. The van der Waals surface area contributed by atoms with Crippen LogP contribution in [0.1, 0.15) is 36.5 Å². The van der Waals surface area contributed by atoms with E-state index in [2.05, 4.69) is 10.6 Å². The molecule has 35 heavy (non-hydrogen) atoms. The van der Waals surface area contributed by atoms with Gasteiger partial charge in [0, 0.05) is 17.9 Å². The van der Waals surface area contributed by atoms with E-state index in [1.165, 1.54) is 14.2 Å². The summed E-state index contributed by atoms with van der Waals surface area (Å²) in [4.78, 5) is 50.4. The number of para-hydroxylation sites is 1. The number of rotatable bonds is 7. The van der Waals surface area contributed by atoms with E-state index >= 15 is 0 Å². The molecule has 0 aromatic heterocycles. The summed E-state index contributed by atoms with van der Waals surface area (Å²) in [5.74, 6) is -2.96. The topological polar surface area (TPSA) is 140 Å². The number of urea groups is 1. The van der Waals surface area contributed by atoms with Crippen molar-refractivity contribution in [3.8, 4) is 17.2 Å². The first-order valence-corrected chi connectivity index (χ1v) is 10.8. The number of ether oxygens (including phenoxy) is 3. The quantitative estimate of drug-likeness (QED) is 0.512. The molecule has 0 aliphatic carbocycles. The zero-order chi connectivity index (χ0) is 25.3. The standard InChI is InChI=1S/C25H24N2O8/c1-12-19(21(29)15-5-4-6-18(34-3)22(15)35-12)17(28)11-16(13-7-9-14(33-2)10-8-13)20-23(30)26-25(32)27-24(20)31/h4-10,16,20-21,29H,11H2,1-3H3,(H2,26,27,30,31,32). The predicted octanol–water partition coefficient (Wildman–Crippen LogP) is 2.13. The highest BCUT2D eigenvalue weighted by molar-refractivity contribution is 6.17. The number of hydrogen-bond acceptors (Lipinski definition) is 8. The second kappa shape index (κ2) is 9.59. The summed E-state index contributed by atoms with van der Waals surface area (Å²) in [5.41, 5.74) is 0.880. The molecule has 0 radical (unpaired) electrons. The molecule has 0 spiro atoms. The number of barbiturate groups is 1. The summed E-state index contributed by atoms with van der Waals surface area (Å²) in [6, 6.07) is 10.6. The Kier molecular flexibility index (Phi) is 6.57. The molecule has 2 unspecified atom stereocenters. The van der Waals surface area contributed by atoms with Gasteiger partial charge in [-0.3, -0.25) is 25.0 Å². The van der Waals surface area contributed by atoms with E-state index in [4.69, 9.17) is 14.2 Å². The molecule has 4 rings (SSSR count). The van der Waals surface area contributed by atoms with Crippen molar-refractivity contribution < 1.29 is 38.5 Å². The Balaban J connectivity index is 1.70. The minimum Gasteiger partial charge on any atom is -0.497 e. The fourth-order valence-corrected chi connectivity index (χ4v) is 4.41. The Labute approximate surface area is 200 Å². The van der Waals surface area contributed by atoms with Crippen LogP contribution < -0.4 is 24.8 Å². The third-order valence-corrected chi connectivity index (χ3v) is 6.12. The smallest absolute Gasteiger partial charge is 0.328 e. The lowest BCUT2D eigenvalue weighted by molar-refractivity contribution is -0.137. The molecule has 0 bridgehead atoms. The molecule has 2 aliphatic rings. The van der Waals surface area contributed by atoms with Crippen LogP contribution in [0, 0.1) is 5.92 Å². The van der Waals surface area contributed by atoms with Crippen molar-refractivity contribution >= 4 is 23.6 Å². The maximum absolute atomic E-state index is 13.5. The maximum atomic E-state index is 13.5. The number of amides is 4. The molecule has 2 aromatic rings. The maximum Gasteiger partial charge on any atom is 0.328 e. The van der Waals surface area contributed by atoms with Crippen molar-refractivity contribution in [3.63, 3.8) is 0 Å². The second-order valence-electron chi connectivity index (χ2n) is 8.15. The van der Waals surface area contributed by atoms with Gasteiger partial charge in [0.2, 0.25) is 11.8 Å². The summed E-state index contributed by atoms with van der Waals surface area (Å²) in [7, 11) is 2.96. The van der Waals surface area contributed by atoms with Crippen LogP contribution in [-0.4, -0.2) is 43.0 Å². The highest BCUT2D eigenvalue weighted by Crippen LogP contribution is 2.44. The number of aliphatic hydroxyl groups is 1. The van der Waals surface area contributed by atoms with Gasteiger partial charge in [0.15, 0.2) is 17.3 Å². The zero-order valence-electron chi connectivity index (χ0n) is 19.3. The number of nitrogens with one attached hydrogen (secondary N) is 2. The molecule has 10 nitrogen and oxygen atoms in total. The minimum atomic E-state index is -1.35. The summed E-state index contributed by atoms with van der Waals surface area (Å²) >= 11 is 0. The summed E-state index contributed by atoms with van der Waals surface area (Å²) in [6.45, 7) is 1.55. The first kappa shape index (κ1) is 24.0. The van der Waals surface area contributed by atoms with Crippen molar-refractivity contribution in [2.75, 3.05) is 14.2 Å². The van der Waals surface area contributed by atoms with Crippen molar-refractivity contribution in [1.82, 2.24) is 10.6 Å². The van der Waals surface area contributed by atoms with Crippen molar-refractivity contribution in [2.24, 2.45) is 5.92 Å². The monoisotopic (exact) mass is 480 g/mol. The Morgan fingerprint density at radius 1 is 1.03 bits per heavy atom. The van der Waals surface area contributed by atoms with Gasteiger partial charge in [0.05, 0.1) is 19.8 Å². The minimum absolute atomic E-state index is 0.0111. The van der Waals surface area contributed by atoms with Crippen LogP contribution in [0.3, 0.4) is 0 Å².